The van der Waals surface area contributed by atoms with E-state index in [1.54, 1.807) is 31.2 Å². The molecule has 1 aliphatic heterocycles. The van der Waals surface area contributed by atoms with Crippen molar-refractivity contribution in [2.24, 2.45) is 5.73 Å². The molecule has 0 aromatic heterocycles. The topological polar surface area (TPSA) is 105 Å². The van der Waals surface area contributed by atoms with Gasteiger partial charge in [-0.25, -0.2) is 4.79 Å². The van der Waals surface area contributed by atoms with Crippen molar-refractivity contribution in [1.29, 1.82) is 0 Å². The van der Waals surface area contributed by atoms with Crippen LogP contribution in [-0.2, 0) is 15.1 Å². The molecule has 1 fully saturated rings. The predicted octanol–water partition coefficient (Wildman–Crippen LogP) is 0.291. The number of carbonyl (C=O) groups excluding carboxylic acids is 3. The van der Waals surface area contributed by atoms with Gasteiger partial charge >= 0.3 is 6.03 Å². The van der Waals surface area contributed by atoms with Gasteiger partial charge in [0.25, 0.3) is 0 Å². The molecule has 1 aromatic carbocycles. The van der Waals surface area contributed by atoms with E-state index in [2.05, 4.69) is 26.6 Å². The van der Waals surface area contributed by atoms with E-state index in [1.807, 2.05) is 0 Å². The maximum atomic E-state index is 12.2. The molecule has 8 heteroatoms. The molecule has 118 valence electrons. The lowest BCUT2D eigenvalue weighted by molar-refractivity contribution is -0.127. The van der Waals surface area contributed by atoms with E-state index in [-0.39, 0.29) is 31.4 Å². The Morgan fingerprint density at radius 2 is 2.05 bits per heavy atom. The van der Waals surface area contributed by atoms with Gasteiger partial charge in [0.2, 0.25) is 11.8 Å². The summed E-state index contributed by atoms with van der Waals surface area (Å²) < 4.78 is 0.894. The zero-order chi connectivity index (χ0) is 16.3. The minimum atomic E-state index is -1.20. The summed E-state index contributed by atoms with van der Waals surface area (Å²) in [6.07, 6.45) is 0. The fraction of sp³-hybridized carbons (Fsp3) is 0.357. The van der Waals surface area contributed by atoms with E-state index in [9.17, 15) is 14.4 Å². The lowest BCUT2D eigenvalue weighted by atomic mass is 9.92. The number of urea groups is 1. The molecule has 7 nitrogen and oxygen atoms in total. The number of nitrogens with two attached hydrogens (primary N) is 1. The first-order chi connectivity index (χ1) is 10.3. The first-order valence-electron chi connectivity index (χ1n) is 6.74. The summed E-state index contributed by atoms with van der Waals surface area (Å²) in [6.45, 7) is 1.88. The lowest BCUT2D eigenvalue weighted by Gasteiger charge is -2.24. The van der Waals surface area contributed by atoms with E-state index < -0.39 is 11.6 Å². The fourth-order valence-electron chi connectivity index (χ4n) is 2.07. The lowest BCUT2D eigenvalue weighted by Crippen LogP contribution is -2.50. The number of nitrogens with one attached hydrogen (secondary N) is 2. The van der Waals surface area contributed by atoms with Crippen molar-refractivity contribution < 1.29 is 14.4 Å². The number of halogens is 1. The van der Waals surface area contributed by atoms with Crippen molar-refractivity contribution in [2.45, 2.75) is 12.5 Å². The molecule has 0 radical (unpaired) electrons. The molecule has 0 aliphatic carbocycles. The molecule has 0 bridgehead atoms. The van der Waals surface area contributed by atoms with Crippen molar-refractivity contribution >= 4 is 33.8 Å². The number of nitrogens with zero attached hydrogens (tertiary/aromatic N) is 1. The van der Waals surface area contributed by atoms with Crippen molar-refractivity contribution in [1.82, 2.24) is 15.5 Å². The van der Waals surface area contributed by atoms with Gasteiger partial charge in [0.05, 0.1) is 6.54 Å². The molecule has 0 spiro atoms. The predicted molar refractivity (Wildman–Crippen MR) is 83.8 cm³/mol. The maximum absolute atomic E-state index is 12.2. The molecule has 1 heterocycles. The monoisotopic (exact) mass is 368 g/mol. The number of rotatable bonds is 5. The number of imide groups is 1. The average Bonchev–Trinajstić information content (AvgIpc) is 2.79. The standard InChI is InChI=1S/C14H17BrN4O3/c1-14(16,9-2-4-10(15)5-3-9)12(21)17-6-7-19-11(20)8-18-13(19)22/h2-5H,6-8,16H2,1H3,(H,17,21)(H,18,22). The van der Waals surface area contributed by atoms with Crippen LogP contribution in [0.4, 0.5) is 4.79 Å². The summed E-state index contributed by atoms with van der Waals surface area (Å²) in [7, 11) is 0. The van der Waals surface area contributed by atoms with Crippen LogP contribution in [0, 0.1) is 0 Å². The molecule has 1 aliphatic rings. The Morgan fingerprint density at radius 3 is 2.59 bits per heavy atom. The molecule has 22 heavy (non-hydrogen) atoms. The highest BCUT2D eigenvalue weighted by atomic mass is 79.9. The molecule has 2 rings (SSSR count). The van der Waals surface area contributed by atoms with Gasteiger partial charge in [-0.3, -0.25) is 14.5 Å². The SMILES string of the molecule is CC(N)(C(=O)NCCN1C(=O)CNC1=O)c1ccc(Br)cc1. The van der Waals surface area contributed by atoms with Gasteiger partial charge in [0.1, 0.15) is 5.54 Å². The van der Waals surface area contributed by atoms with Gasteiger partial charge in [-0.1, -0.05) is 28.1 Å². The highest BCUT2D eigenvalue weighted by Crippen LogP contribution is 2.20. The van der Waals surface area contributed by atoms with E-state index in [1.165, 1.54) is 0 Å². The largest absolute Gasteiger partial charge is 0.352 e. The molecule has 1 unspecified atom stereocenters. The summed E-state index contributed by atoms with van der Waals surface area (Å²) in [5, 5.41) is 5.07. The van der Waals surface area contributed by atoms with Gasteiger partial charge in [-0.15, -0.1) is 0 Å². The molecular formula is C14H17BrN4O3. The Hall–Kier alpha value is -1.93. The average molecular weight is 369 g/mol. The Morgan fingerprint density at radius 1 is 1.41 bits per heavy atom. The van der Waals surface area contributed by atoms with Crippen LogP contribution in [-0.4, -0.2) is 42.4 Å². The zero-order valence-corrected chi connectivity index (χ0v) is 13.6. The van der Waals surface area contributed by atoms with Crippen LogP contribution in [0.5, 0.6) is 0 Å². The summed E-state index contributed by atoms with van der Waals surface area (Å²) in [6, 6.07) is 6.70. The van der Waals surface area contributed by atoms with E-state index >= 15 is 0 Å². The van der Waals surface area contributed by atoms with Crippen LogP contribution in [0.2, 0.25) is 0 Å². The fourth-order valence-corrected chi connectivity index (χ4v) is 2.34. The van der Waals surface area contributed by atoms with Gasteiger partial charge in [0, 0.05) is 17.6 Å². The number of amides is 4. The number of benzene rings is 1. The second-order valence-corrected chi connectivity index (χ2v) is 6.08. The highest BCUT2D eigenvalue weighted by molar-refractivity contribution is 9.10. The van der Waals surface area contributed by atoms with Crippen LogP contribution in [0.1, 0.15) is 12.5 Å². The van der Waals surface area contributed by atoms with Crippen molar-refractivity contribution in [3.63, 3.8) is 0 Å². The van der Waals surface area contributed by atoms with E-state index in [4.69, 9.17) is 5.73 Å². The van der Waals surface area contributed by atoms with Crippen LogP contribution in [0.15, 0.2) is 28.7 Å². The van der Waals surface area contributed by atoms with Crippen molar-refractivity contribution in [3.05, 3.63) is 34.3 Å². The number of hydrogen-bond donors (Lipinski definition) is 3. The first-order valence-corrected chi connectivity index (χ1v) is 7.53. The number of carbonyl (C=O) groups is 3. The molecular weight excluding hydrogens is 352 g/mol. The second-order valence-electron chi connectivity index (χ2n) is 5.17. The van der Waals surface area contributed by atoms with Crippen LogP contribution >= 0.6 is 15.9 Å². The maximum Gasteiger partial charge on any atom is 0.324 e. The second kappa shape index (κ2) is 6.45. The summed E-state index contributed by atoms with van der Waals surface area (Å²) >= 11 is 3.32. The van der Waals surface area contributed by atoms with E-state index in [0.29, 0.717) is 5.56 Å². The van der Waals surface area contributed by atoms with Crippen molar-refractivity contribution in [2.75, 3.05) is 19.6 Å². The summed E-state index contributed by atoms with van der Waals surface area (Å²) in [4.78, 5) is 36.1. The van der Waals surface area contributed by atoms with Crippen LogP contribution < -0.4 is 16.4 Å². The Bertz CT molecular complexity index is 585. The van der Waals surface area contributed by atoms with Gasteiger partial charge in [0.15, 0.2) is 0 Å². The minimum absolute atomic E-state index is 0.000275. The third-order valence-electron chi connectivity index (χ3n) is 3.47. The van der Waals surface area contributed by atoms with Gasteiger partial charge in [-0.2, -0.15) is 0 Å². The molecule has 4 N–H and O–H groups in total. The third kappa shape index (κ3) is 3.45. The van der Waals surface area contributed by atoms with E-state index in [0.717, 1.165) is 9.37 Å². The molecule has 4 amide bonds. The normalized spacial score (nSPS) is 17.1. The summed E-state index contributed by atoms with van der Waals surface area (Å²) in [5.41, 5.74) is 5.57. The quantitative estimate of drug-likeness (QED) is 0.649. The Balaban J connectivity index is 1.92. The molecule has 0 saturated carbocycles. The van der Waals surface area contributed by atoms with Crippen LogP contribution in [0.25, 0.3) is 0 Å². The number of hydrogen-bond acceptors (Lipinski definition) is 4. The van der Waals surface area contributed by atoms with Crippen molar-refractivity contribution in [3.8, 4) is 0 Å². The zero-order valence-electron chi connectivity index (χ0n) is 12.1. The molecule has 1 aromatic rings. The first kappa shape index (κ1) is 16.4. The van der Waals surface area contributed by atoms with Gasteiger partial charge < -0.3 is 16.4 Å². The van der Waals surface area contributed by atoms with Gasteiger partial charge in [-0.05, 0) is 24.6 Å². The minimum Gasteiger partial charge on any atom is -0.352 e. The third-order valence-corrected chi connectivity index (χ3v) is 4.00. The Labute approximate surface area is 136 Å². The Kier molecular flexibility index (Phi) is 4.82. The highest BCUT2D eigenvalue weighted by Gasteiger charge is 2.31. The molecule has 1 atom stereocenters. The van der Waals surface area contributed by atoms with Crippen LogP contribution in [0.3, 0.4) is 0 Å². The molecule has 1 saturated heterocycles. The summed E-state index contributed by atoms with van der Waals surface area (Å²) in [5.74, 6) is -0.676. The smallest absolute Gasteiger partial charge is 0.324 e.